The van der Waals surface area contributed by atoms with Crippen molar-refractivity contribution in [3.63, 3.8) is 0 Å². The van der Waals surface area contributed by atoms with Gasteiger partial charge in [-0.3, -0.25) is 9.59 Å². The molecule has 0 bridgehead atoms. The van der Waals surface area contributed by atoms with E-state index in [1.165, 1.54) is 0 Å². The summed E-state index contributed by atoms with van der Waals surface area (Å²) in [6.45, 7) is 7.31. The van der Waals surface area contributed by atoms with Crippen molar-refractivity contribution in [3.05, 3.63) is 12.2 Å². The molecule has 1 N–H and O–H groups in total. The minimum absolute atomic E-state index is 0.0393. The molecule has 102 valence electrons. The quantitative estimate of drug-likeness (QED) is 0.772. The molecular formula is C13H21NO4. The monoisotopic (exact) mass is 255 g/mol. The average molecular weight is 255 g/mol. The highest BCUT2D eigenvalue weighted by Gasteiger charge is 2.24. The number of carboxylic acid groups (broad SMARTS) is 1. The number of hydrogen-bond acceptors (Lipinski definition) is 3. The van der Waals surface area contributed by atoms with Crippen molar-refractivity contribution in [1.82, 2.24) is 4.90 Å². The molecule has 0 aliphatic carbocycles. The van der Waals surface area contributed by atoms with Crippen LogP contribution in [0.4, 0.5) is 0 Å². The summed E-state index contributed by atoms with van der Waals surface area (Å²) in [6, 6.07) is 0. The molecule has 18 heavy (non-hydrogen) atoms. The third-order valence-corrected chi connectivity index (χ3v) is 2.58. The van der Waals surface area contributed by atoms with Gasteiger partial charge in [-0.1, -0.05) is 26.8 Å². The fraction of sp³-hybridized carbons (Fsp3) is 0.692. The van der Waals surface area contributed by atoms with Gasteiger partial charge >= 0.3 is 5.97 Å². The van der Waals surface area contributed by atoms with E-state index in [0.717, 1.165) is 0 Å². The molecule has 1 saturated heterocycles. The second-order valence-corrected chi connectivity index (χ2v) is 5.57. The van der Waals surface area contributed by atoms with E-state index in [-0.39, 0.29) is 17.7 Å². The van der Waals surface area contributed by atoms with E-state index >= 15 is 0 Å². The molecule has 0 aromatic rings. The Morgan fingerprint density at radius 3 is 2.67 bits per heavy atom. The van der Waals surface area contributed by atoms with Crippen molar-refractivity contribution < 1.29 is 19.4 Å². The Morgan fingerprint density at radius 1 is 1.44 bits per heavy atom. The number of carboxylic acids is 1. The number of nitrogens with zero attached hydrogens (tertiary/aromatic N) is 1. The molecule has 1 atom stereocenters. The molecule has 0 spiro atoms. The van der Waals surface area contributed by atoms with Crippen LogP contribution in [0.2, 0.25) is 0 Å². The topological polar surface area (TPSA) is 66.8 Å². The van der Waals surface area contributed by atoms with Gasteiger partial charge in [-0.15, -0.1) is 0 Å². The van der Waals surface area contributed by atoms with Crippen molar-refractivity contribution in [3.8, 4) is 0 Å². The van der Waals surface area contributed by atoms with E-state index in [4.69, 9.17) is 9.84 Å². The van der Waals surface area contributed by atoms with Gasteiger partial charge in [-0.25, -0.2) is 0 Å². The standard InChI is InChI=1S/C13H21NO4/c1-13(2,3)5-4-11(15)14-6-7-18-10(9-14)8-12(16)17/h4-5,10H,6-9H2,1-3H3,(H,16,17)/b5-4+. The van der Waals surface area contributed by atoms with Crippen LogP contribution in [-0.4, -0.2) is 47.7 Å². The Labute approximate surface area is 107 Å². The number of hydrogen-bond donors (Lipinski definition) is 1. The first-order valence-corrected chi connectivity index (χ1v) is 6.09. The minimum Gasteiger partial charge on any atom is -0.481 e. The highest BCUT2D eigenvalue weighted by Crippen LogP contribution is 2.15. The Morgan fingerprint density at radius 2 is 2.11 bits per heavy atom. The summed E-state index contributed by atoms with van der Waals surface area (Å²) in [4.78, 5) is 24.2. The van der Waals surface area contributed by atoms with Crippen LogP contribution in [0.5, 0.6) is 0 Å². The lowest BCUT2D eigenvalue weighted by Gasteiger charge is -2.31. The van der Waals surface area contributed by atoms with Crippen molar-refractivity contribution in [1.29, 1.82) is 0 Å². The molecule has 1 unspecified atom stereocenters. The van der Waals surface area contributed by atoms with Crippen LogP contribution in [0.25, 0.3) is 0 Å². The van der Waals surface area contributed by atoms with Gasteiger partial charge in [0.1, 0.15) is 0 Å². The predicted molar refractivity (Wildman–Crippen MR) is 67.2 cm³/mol. The molecular weight excluding hydrogens is 234 g/mol. The van der Waals surface area contributed by atoms with Crippen molar-refractivity contribution >= 4 is 11.9 Å². The number of morpholine rings is 1. The number of amides is 1. The summed E-state index contributed by atoms with van der Waals surface area (Å²) < 4.78 is 5.32. The van der Waals surface area contributed by atoms with Crippen LogP contribution in [0, 0.1) is 5.41 Å². The zero-order valence-electron chi connectivity index (χ0n) is 11.2. The number of rotatable bonds is 3. The number of carbonyl (C=O) groups is 2. The summed E-state index contributed by atoms with van der Waals surface area (Å²) in [7, 11) is 0. The van der Waals surface area contributed by atoms with E-state index in [9.17, 15) is 9.59 Å². The Bertz CT molecular complexity index is 343. The SMILES string of the molecule is CC(C)(C)/C=C/C(=O)N1CCOC(CC(=O)O)C1. The summed E-state index contributed by atoms with van der Waals surface area (Å²) in [5.41, 5.74) is -0.0393. The van der Waals surface area contributed by atoms with Gasteiger partial charge in [0.05, 0.1) is 19.1 Å². The van der Waals surface area contributed by atoms with Crippen LogP contribution < -0.4 is 0 Å². The Balaban J connectivity index is 2.53. The Hall–Kier alpha value is -1.36. The van der Waals surface area contributed by atoms with Crippen molar-refractivity contribution in [2.45, 2.75) is 33.3 Å². The normalized spacial score (nSPS) is 21.3. The van der Waals surface area contributed by atoms with Gasteiger partial charge in [0, 0.05) is 13.1 Å². The van der Waals surface area contributed by atoms with Gasteiger partial charge < -0.3 is 14.7 Å². The molecule has 1 amide bonds. The third kappa shape index (κ3) is 5.31. The van der Waals surface area contributed by atoms with Gasteiger partial charge in [-0.2, -0.15) is 0 Å². The fourth-order valence-electron chi connectivity index (χ4n) is 1.66. The molecule has 5 nitrogen and oxygen atoms in total. The fourth-order valence-corrected chi connectivity index (χ4v) is 1.66. The molecule has 1 fully saturated rings. The largest absolute Gasteiger partial charge is 0.481 e. The molecule has 5 heteroatoms. The van der Waals surface area contributed by atoms with E-state index in [2.05, 4.69) is 0 Å². The van der Waals surface area contributed by atoms with Crippen molar-refractivity contribution in [2.75, 3.05) is 19.7 Å². The number of ether oxygens (including phenoxy) is 1. The van der Waals surface area contributed by atoms with Gasteiger partial charge in [0.2, 0.25) is 5.91 Å². The van der Waals surface area contributed by atoms with Crippen LogP contribution >= 0.6 is 0 Å². The van der Waals surface area contributed by atoms with Crippen LogP contribution in [0.15, 0.2) is 12.2 Å². The second kappa shape index (κ2) is 6.00. The summed E-state index contributed by atoms with van der Waals surface area (Å²) in [5.74, 6) is -0.983. The maximum absolute atomic E-state index is 11.9. The maximum Gasteiger partial charge on any atom is 0.306 e. The Kier molecular flexibility index (Phi) is 4.90. The minimum atomic E-state index is -0.903. The predicted octanol–water partition coefficient (Wildman–Crippen LogP) is 1.29. The van der Waals surface area contributed by atoms with Crippen LogP contribution in [0.3, 0.4) is 0 Å². The molecule has 0 radical (unpaired) electrons. The highest BCUT2D eigenvalue weighted by molar-refractivity contribution is 5.87. The van der Waals surface area contributed by atoms with E-state index in [1.807, 2.05) is 26.8 Å². The summed E-state index contributed by atoms with van der Waals surface area (Å²) in [5, 5.41) is 8.70. The number of allylic oxidation sites excluding steroid dienone is 1. The zero-order chi connectivity index (χ0) is 13.8. The third-order valence-electron chi connectivity index (χ3n) is 2.58. The van der Waals surface area contributed by atoms with E-state index < -0.39 is 12.1 Å². The first-order valence-electron chi connectivity index (χ1n) is 6.09. The molecule has 1 aliphatic heterocycles. The van der Waals surface area contributed by atoms with Gasteiger partial charge in [0.25, 0.3) is 0 Å². The lowest BCUT2D eigenvalue weighted by atomic mass is 9.96. The lowest BCUT2D eigenvalue weighted by Crippen LogP contribution is -2.45. The highest BCUT2D eigenvalue weighted by atomic mass is 16.5. The zero-order valence-corrected chi connectivity index (χ0v) is 11.2. The molecule has 0 aromatic carbocycles. The summed E-state index contributed by atoms with van der Waals surface area (Å²) in [6.07, 6.45) is 2.95. The molecule has 1 rings (SSSR count). The first kappa shape index (κ1) is 14.7. The number of carbonyl (C=O) groups excluding carboxylic acids is 1. The van der Waals surface area contributed by atoms with Gasteiger partial charge in [0.15, 0.2) is 0 Å². The molecule has 0 saturated carbocycles. The van der Waals surface area contributed by atoms with Crippen LogP contribution in [0.1, 0.15) is 27.2 Å². The van der Waals surface area contributed by atoms with E-state index in [1.54, 1.807) is 11.0 Å². The average Bonchev–Trinajstić information content (AvgIpc) is 2.24. The second-order valence-electron chi connectivity index (χ2n) is 5.57. The molecule has 0 aromatic heterocycles. The lowest BCUT2D eigenvalue weighted by molar-refractivity contribution is -0.145. The first-order chi connectivity index (χ1) is 8.28. The maximum atomic E-state index is 11.9. The summed E-state index contributed by atoms with van der Waals surface area (Å²) >= 11 is 0. The number of aliphatic carboxylic acids is 1. The van der Waals surface area contributed by atoms with Crippen molar-refractivity contribution in [2.24, 2.45) is 5.41 Å². The smallest absolute Gasteiger partial charge is 0.306 e. The molecule has 1 heterocycles. The van der Waals surface area contributed by atoms with Crippen LogP contribution in [-0.2, 0) is 14.3 Å². The van der Waals surface area contributed by atoms with E-state index in [0.29, 0.717) is 19.7 Å². The molecule has 1 aliphatic rings. The van der Waals surface area contributed by atoms with Gasteiger partial charge in [-0.05, 0) is 11.5 Å².